The van der Waals surface area contributed by atoms with Crippen LogP contribution >= 0.6 is 0 Å². The van der Waals surface area contributed by atoms with E-state index in [0.717, 1.165) is 32.4 Å². The highest BCUT2D eigenvalue weighted by molar-refractivity contribution is 5.77. The molecule has 2 atom stereocenters. The molecule has 0 bridgehead atoms. The maximum atomic E-state index is 12.2. The Morgan fingerprint density at radius 1 is 1.53 bits per heavy atom. The molecule has 0 saturated carbocycles. The van der Waals surface area contributed by atoms with Gasteiger partial charge in [-0.15, -0.1) is 0 Å². The molecule has 0 radical (unpaired) electrons. The number of carbonyl (C=O) groups excluding carboxylic acids is 1. The van der Waals surface area contributed by atoms with Crippen LogP contribution < -0.4 is 5.73 Å². The lowest BCUT2D eigenvalue weighted by atomic mass is 10.0. The number of likely N-dealkylation sites (N-methyl/N-ethyl adjacent to an activating group) is 1. The molecule has 0 aliphatic carbocycles. The average Bonchev–Trinajstić information content (AvgIpc) is 2.72. The van der Waals surface area contributed by atoms with E-state index >= 15 is 0 Å². The highest BCUT2D eigenvalue weighted by Crippen LogP contribution is 2.20. The van der Waals surface area contributed by atoms with Gasteiger partial charge in [0.2, 0.25) is 5.91 Å². The molecule has 1 saturated heterocycles. The SMILES string of the molecule is CCC(CN)CC(=O)N1CCCC1CN(C)C. The van der Waals surface area contributed by atoms with Gasteiger partial charge < -0.3 is 15.5 Å². The second-order valence-electron chi connectivity index (χ2n) is 5.36. The largest absolute Gasteiger partial charge is 0.338 e. The number of hydrogen-bond acceptors (Lipinski definition) is 3. The summed E-state index contributed by atoms with van der Waals surface area (Å²) in [7, 11) is 4.13. The monoisotopic (exact) mass is 241 g/mol. The molecule has 0 spiro atoms. The van der Waals surface area contributed by atoms with Crippen molar-refractivity contribution < 1.29 is 4.79 Å². The van der Waals surface area contributed by atoms with E-state index in [-0.39, 0.29) is 0 Å². The van der Waals surface area contributed by atoms with E-state index in [4.69, 9.17) is 5.73 Å². The first-order chi connectivity index (χ1) is 8.08. The zero-order valence-corrected chi connectivity index (χ0v) is 11.5. The van der Waals surface area contributed by atoms with Gasteiger partial charge in [0.15, 0.2) is 0 Å². The standard InChI is InChI=1S/C13H27N3O/c1-4-11(9-14)8-13(17)16-7-5-6-12(16)10-15(2)3/h11-12H,4-10,14H2,1-3H3. The average molecular weight is 241 g/mol. The fourth-order valence-corrected chi connectivity index (χ4v) is 2.53. The number of hydrogen-bond donors (Lipinski definition) is 1. The van der Waals surface area contributed by atoms with Crippen LogP contribution in [0.25, 0.3) is 0 Å². The normalized spacial score (nSPS) is 22.2. The van der Waals surface area contributed by atoms with E-state index in [1.807, 2.05) is 0 Å². The number of likely N-dealkylation sites (tertiary alicyclic amines) is 1. The van der Waals surface area contributed by atoms with Gasteiger partial charge in [-0.2, -0.15) is 0 Å². The van der Waals surface area contributed by atoms with Gasteiger partial charge in [-0.3, -0.25) is 4.79 Å². The van der Waals surface area contributed by atoms with Crippen LogP contribution in [0.1, 0.15) is 32.6 Å². The lowest BCUT2D eigenvalue weighted by Gasteiger charge is -2.28. The number of nitrogens with two attached hydrogens (primary N) is 1. The van der Waals surface area contributed by atoms with E-state index in [1.54, 1.807) is 0 Å². The smallest absolute Gasteiger partial charge is 0.223 e. The van der Waals surface area contributed by atoms with Crippen LogP contribution in [0, 0.1) is 5.92 Å². The van der Waals surface area contributed by atoms with E-state index in [1.165, 1.54) is 0 Å². The van der Waals surface area contributed by atoms with Crippen LogP contribution in [0.2, 0.25) is 0 Å². The maximum Gasteiger partial charge on any atom is 0.223 e. The van der Waals surface area contributed by atoms with Gasteiger partial charge in [0.1, 0.15) is 0 Å². The molecule has 0 aromatic rings. The number of nitrogens with zero attached hydrogens (tertiary/aromatic N) is 2. The second kappa shape index (κ2) is 6.97. The Labute approximate surface area is 105 Å². The molecular formula is C13H27N3O. The van der Waals surface area contributed by atoms with Crippen molar-refractivity contribution in [2.24, 2.45) is 11.7 Å². The van der Waals surface area contributed by atoms with Crippen molar-refractivity contribution in [1.29, 1.82) is 0 Å². The number of rotatable bonds is 6. The number of carbonyl (C=O) groups is 1. The summed E-state index contributed by atoms with van der Waals surface area (Å²) in [6, 6.07) is 0.410. The molecule has 0 aromatic carbocycles. The maximum absolute atomic E-state index is 12.2. The first-order valence-electron chi connectivity index (χ1n) is 6.72. The van der Waals surface area contributed by atoms with Gasteiger partial charge in [-0.1, -0.05) is 13.3 Å². The fourth-order valence-electron chi connectivity index (χ4n) is 2.53. The molecule has 1 aliphatic rings. The van der Waals surface area contributed by atoms with Gasteiger partial charge in [0.05, 0.1) is 0 Å². The minimum atomic E-state index is 0.298. The highest BCUT2D eigenvalue weighted by Gasteiger charge is 2.29. The third kappa shape index (κ3) is 4.28. The molecular weight excluding hydrogens is 214 g/mol. The number of amides is 1. The molecule has 0 aromatic heterocycles. The minimum absolute atomic E-state index is 0.298. The third-order valence-corrected chi connectivity index (χ3v) is 3.65. The van der Waals surface area contributed by atoms with Gasteiger partial charge in [-0.05, 0) is 39.4 Å². The Morgan fingerprint density at radius 2 is 2.24 bits per heavy atom. The minimum Gasteiger partial charge on any atom is -0.338 e. The molecule has 17 heavy (non-hydrogen) atoms. The summed E-state index contributed by atoms with van der Waals surface area (Å²) in [5.74, 6) is 0.648. The Kier molecular flexibility index (Phi) is 5.92. The zero-order chi connectivity index (χ0) is 12.8. The molecule has 4 nitrogen and oxygen atoms in total. The van der Waals surface area contributed by atoms with Crippen molar-refractivity contribution in [3.8, 4) is 0 Å². The first kappa shape index (κ1) is 14.5. The molecule has 1 amide bonds. The fraction of sp³-hybridized carbons (Fsp3) is 0.923. The summed E-state index contributed by atoms with van der Waals surface area (Å²) in [4.78, 5) is 16.4. The molecule has 1 rings (SSSR count). The Balaban J connectivity index is 2.49. The van der Waals surface area contributed by atoms with E-state index in [0.29, 0.717) is 30.8 Å². The van der Waals surface area contributed by atoms with Gasteiger partial charge in [0.25, 0.3) is 0 Å². The summed E-state index contributed by atoms with van der Waals surface area (Å²) in [5, 5.41) is 0. The van der Waals surface area contributed by atoms with E-state index < -0.39 is 0 Å². The predicted molar refractivity (Wildman–Crippen MR) is 70.7 cm³/mol. The summed E-state index contributed by atoms with van der Waals surface area (Å²) < 4.78 is 0. The Hall–Kier alpha value is -0.610. The van der Waals surface area contributed by atoms with E-state index in [2.05, 4.69) is 30.8 Å². The van der Waals surface area contributed by atoms with Gasteiger partial charge in [0, 0.05) is 25.6 Å². The molecule has 1 heterocycles. The van der Waals surface area contributed by atoms with Crippen LogP contribution in [0.3, 0.4) is 0 Å². The lowest BCUT2D eigenvalue weighted by Crippen LogP contribution is -2.42. The van der Waals surface area contributed by atoms with Crippen LogP contribution in [-0.4, -0.2) is 55.5 Å². The van der Waals surface area contributed by atoms with Crippen molar-refractivity contribution in [3.63, 3.8) is 0 Å². The predicted octanol–water partition coefficient (Wildman–Crippen LogP) is 0.914. The first-order valence-corrected chi connectivity index (χ1v) is 6.72. The summed E-state index contributed by atoms with van der Waals surface area (Å²) in [6.07, 6.45) is 3.90. The van der Waals surface area contributed by atoms with Crippen LogP contribution in [0.4, 0.5) is 0 Å². The molecule has 1 aliphatic heterocycles. The van der Waals surface area contributed by atoms with Crippen LogP contribution in [-0.2, 0) is 4.79 Å². The summed E-state index contributed by atoms with van der Waals surface area (Å²) >= 11 is 0. The van der Waals surface area contributed by atoms with Crippen molar-refractivity contribution in [2.75, 3.05) is 33.7 Å². The van der Waals surface area contributed by atoms with Crippen LogP contribution in [0.15, 0.2) is 0 Å². The van der Waals surface area contributed by atoms with E-state index in [9.17, 15) is 4.79 Å². The lowest BCUT2D eigenvalue weighted by molar-refractivity contribution is -0.133. The molecule has 4 heteroatoms. The second-order valence-corrected chi connectivity index (χ2v) is 5.36. The van der Waals surface area contributed by atoms with Crippen molar-refractivity contribution in [2.45, 2.75) is 38.6 Å². The Morgan fingerprint density at radius 3 is 2.76 bits per heavy atom. The zero-order valence-electron chi connectivity index (χ0n) is 11.5. The highest BCUT2D eigenvalue weighted by atomic mass is 16.2. The van der Waals surface area contributed by atoms with Gasteiger partial charge >= 0.3 is 0 Å². The van der Waals surface area contributed by atoms with Crippen molar-refractivity contribution >= 4 is 5.91 Å². The molecule has 2 N–H and O–H groups in total. The van der Waals surface area contributed by atoms with Crippen LogP contribution in [0.5, 0.6) is 0 Å². The third-order valence-electron chi connectivity index (χ3n) is 3.65. The topological polar surface area (TPSA) is 49.6 Å². The summed E-state index contributed by atoms with van der Waals surface area (Å²) in [5.41, 5.74) is 5.67. The summed E-state index contributed by atoms with van der Waals surface area (Å²) in [6.45, 7) is 4.63. The van der Waals surface area contributed by atoms with Crippen molar-refractivity contribution in [1.82, 2.24) is 9.80 Å². The quantitative estimate of drug-likeness (QED) is 0.752. The van der Waals surface area contributed by atoms with Crippen molar-refractivity contribution in [3.05, 3.63) is 0 Å². The molecule has 1 fully saturated rings. The van der Waals surface area contributed by atoms with Gasteiger partial charge in [-0.25, -0.2) is 0 Å². The molecule has 100 valence electrons. The molecule has 2 unspecified atom stereocenters. The Bertz CT molecular complexity index is 239.